The number of rotatable bonds is 8. The number of aromatic nitrogens is 2. The summed E-state index contributed by atoms with van der Waals surface area (Å²) in [5.74, 6) is 0.732. The summed E-state index contributed by atoms with van der Waals surface area (Å²) >= 11 is 3.49. The number of hydrogen-bond acceptors (Lipinski definition) is 1. The Morgan fingerprint density at radius 3 is 3.00 bits per heavy atom. The molecule has 0 saturated heterocycles. The Balaban J connectivity index is 1.93. The third kappa shape index (κ3) is 4.70. The smallest absolute Gasteiger partial charge is 0.0881 e. The second-order valence-corrected chi connectivity index (χ2v) is 6.97. The van der Waals surface area contributed by atoms with E-state index in [0.717, 1.165) is 28.9 Å². The molecule has 0 N–H and O–H groups in total. The molecule has 2 nitrogen and oxygen atoms in total. The minimum Gasteiger partial charge on any atom is -0.342 e. The molecule has 0 aliphatic heterocycles. The summed E-state index contributed by atoms with van der Waals surface area (Å²) in [7, 11) is 0. The van der Waals surface area contributed by atoms with Gasteiger partial charge in [0.05, 0.1) is 11.0 Å². The van der Waals surface area contributed by atoms with E-state index in [1.54, 1.807) is 0 Å². The predicted octanol–water partition coefficient (Wildman–Crippen LogP) is 5.96. The average Bonchev–Trinajstić information content (AvgIpc) is 2.81. The van der Waals surface area contributed by atoms with Crippen LogP contribution in [0.5, 0.6) is 0 Å². The molecule has 0 amide bonds. The lowest BCUT2D eigenvalue weighted by Gasteiger charge is -2.14. The maximum atomic E-state index is 4.42. The van der Waals surface area contributed by atoms with E-state index in [0.29, 0.717) is 0 Å². The Labute approximate surface area is 136 Å². The fourth-order valence-corrected chi connectivity index (χ4v) is 3.14. The second kappa shape index (κ2) is 7.79. The monoisotopic (exact) mass is 348 g/mol. The fourth-order valence-electron chi connectivity index (χ4n) is 2.82. The number of fused-ring (bicyclic) bond motifs is 1. The third-order valence-corrected chi connectivity index (χ3v) is 4.35. The van der Waals surface area contributed by atoms with Gasteiger partial charge >= 0.3 is 0 Å². The second-order valence-electron chi connectivity index (χ2n) is 6.06. The van der Waals surface area contributed by atoms with Gasteiger partial charge in [-0.1, -0.05) is 51.7 Å². The molecular formula is C18H25BrN2. The van der Waals surface area contributed by atoms with Crippen molar-refractivity contribution in [2.24, 2.45) is 5.92 Å². The Morgan fingerprint density at radius 2 is 2.24 bits per heavy atom. The number of unbranched alkanes of at least 4 members (excludes halogenated alkanes) is 2. The van der Waals surface area contributed by atoms with Crippen LogP contribution in [0.1, 0.15) is 46.0 Å². The molecule has 0 aromatic carbocycles. The van der Waals surface area contributed by atoms with Gasteiger partial charge in [0.15, 0.2) is 0 Å². The Bertz CT molecular complexity index is 600. The Morgan fingerprint density at radius 1 is 1.43 bits per heavy atom. The van der Waals surface area contributed by atoms with Gasteiger partial charge in [-0.2, -0.15) is 0 Å². The SMILES string of the molecule is C=C(CC(C)CCCCC)Cn1ccc2ncc(Br)cc21. The van der Waals surface area contributed by atoms with Crippen molar-refractivity contribution in [1.29, 1.82) is 0 Å². The molecule has 1 unspecified atom stereocenters. The number of halogens is 1. The van der Waals surface area contributed by atoms with Gasteiger partial charge < -0.3 is 4.57 Å². The van der Waals surface area contributed by atoms with Crippen LogP contribution in [-0.4, -0.2) is 9.55 Å². The quantitative estimate of drug-likeness (QED) is 0.425. The molecule has 3 heteroatoms. The molecule has 2 rings (SSSR count). The molecule has 0 spiro atoms. The maximum Gasteiger partial charge on any atom is 0.0881 e. The minimum absolute atomic E-state index is 0.732. The van der Waals surface area contributed by atoms with Gasteiger partial charge in [-0.25, -0.2) is 0 Å². The van der Waals surface area contributed by atoms with Crippen LogP contribution in [-0.2, 0) is 6.54 Å². The van der Waals surface area contributed by atoms with Crippen LogP contribution in [0.2, 0.25) is 0 Å². The molecule has 0 radical (unpaired) electrons. The zero-order chi connectivity index (χ0) is 15.2. The van der Waals surface area contributed by atoms with Crippen LogP contribution >= 0.6 is 15.9 Å². The first-order valence-electron chi connectivity index (χ1n) is 7.87. The van der Waals surface area contributed by atoms with Gasteiger partial charge in [-0.05, 0) is 40.4 Å². The van der Waals surface area contributed by atoms with E-state index in [1.807, 2.05) is 6.20 Å². The number of nitrogens with zero attached hydrogens (tertiary/aromatic N) is 2. The van der Waals surface area contributed by atoms with Crippen molar-refractivity contribution >= 4 is 27.0 Å². The molecule has 2 aromatic rings. The summed E-state index contributed by atoms with van der Waals surface area (Å²) < 4.78 is 3.27. The van der Waals surface area contributed by atoms with Crippen LogP contribution < -0.4 is 0 Å². The summed E-state index contributed by atoms with van der Waals surface area (Å²) in [5.41, 5.74) is 3.52. The predicted molar refractivity (Wildman–Crippen MR) is 94.5 cm³/mol. The van der Waals surface area contributed by atoms with Crippen LogP contribution in [0.3, 0.4) is 0 Å². The van der Waals surface area contributed by atoms with E-state index >= 15 is 0 Å². The van der Waals surface area contributed by atoms with E-state index < -0.39 is 0 Å². The minimum atomic E-state index is 0.732. The Hall–Kier alpha value is -1.09. The summed E-state index contributed by atoms with van der Waals surface area (Å²) in [5, 5.41) is 0. The first-order valence-corrected chi connectivity index (χ1v) is 8.66. The van der Waals surface area contributed by atoms with E-state index in [4.69, 9.17) is 0 Å². The highest BCUT2D eigenvalue weighted by molar-refractivity contribution is 9.10. The molecule has 0 aliphatic carbocycles. The highest BCUT2D eigenvalue weighted by Crippen LogP contribution is 2.22. The molecule has 2 heterocycles. The summed E-state index contributed by atoms with van der Waals surface area (Å²) in [6, 6.07) is 4.19. The van der Waals surface area contributed by atoms with E-state index in [1.165, 1.54) is 36.8 Å². The molecule has 1 atom stereocenters. The fraction of sp³-hybridized carbons (Fsp3) is 0.500. The molecule has 0 fully saturated rings. The highest BCUT2D eigenvalue weighted by atomic mass is 79.9. The molecule has 0 saturated carbocycles. The number of allylic oxidation sites excluding steroid dienone is 1. The van der Waals surface area contributed by atoms with Crippen LogP contribution in [0.25, 0.3) is 11.0 Å². The zero-order valence-corrected chi connectivity index (χ0v) is 14.7. The highest BCUT2D eigenvalue weighted by Gasteiger charge is 2.08. The van der Waals surface area contributed by atoms with E-state index in [9.17, 15) is 0 Å². The first kappa shape index (κ1) is 16.3. The lowest BCUT2D eigenvalue weighted by atomic mass is 9.96. The molecule has 114 valence electrons. The van der Waals surface area contributed by atoms with Gasteiger partial charge in [-0.3, -0.25) is 4.98 Å². The van der Waals surface area contributed by atoms with Crippen LogP contribution in [0, 0.1) is 5.92 Å². The molecule has 21 heavy (non-hydrogen) atoms. The van der Waals surface area contributed by atoms with Gasteiger partial charge in [0.25, 0.3) is 0 Å². The first-order chi connectivity index (χ1) is 10.1. The number of pyridine rings is 1. The lowest BCUT2D eigenvalue weighted by Crippen LogP contribution is -2.03. The van der Waals surface area contributed by atoms with Crippen molar-refractivity contribution in [2.75, 3.05) is 0 Å². The largest absolute Gasteiger partial charge is 0.342 e. The maximum absolute atomic E-state index is 4.42. The summed E-state index contributed by atoms with van der Waals surface area (Å²) in [6.45, 7) is 9.76. The molecule has 0 aliphatic rings. The van der Waals surface area contributed by atoms with Gasteiger partial charge in [-0.15, -0.1) is 0 Å². The third-order valence-electron chi connectivity index (χ3n) is 3.92. The van der Waals surface area contributed by atoms with Crippen LogP contribution in [0.15, 0.2) is 41.2 Å². The van der Waals surface area contributed by atoms with Crippen molar-refractivity contribution in [3.63, 3.8) is 0 Å². The number of hydrogen-bond donors (Lipinski definition) is 0. The van der Waals surface area contributed by atoms with Crippen LogP contribution in [0.4, 0.5) is 0 Å². The summed E-state index contributed by atoms with van der Waals surface area (Å²) in [4.78, 5) is 4.42. The van der Waals surface area contributed by atoms with Crippen molar-refractivity contribution < 1.29 is 0 Å². The Kier molecular flexibility index (Phi) is 6.04. The van der Waals surface area contributed by atoms with Crippen molar-refractivity contribution in [3.05, 3.63) is 41.2 Å². The molecule has 2 aromatic heterocycles. The zero-order valence-electron chi connectivity index (χ0n) is 13.1. The molecule has 0 bridgehead atoms. The van der Waals surface area contributed by atoms with E-state index in [2.05, 4.69) is 64.2 Å². The standard InChI is InChI=1S/C18H25BrN2/c1-4-5-6-7-14(2)10-15(3)13-21-9-8-17-18(21)11-16(19)12-20-17/h8-9,11-12,14H,3-7,10,13H2,1-2H3. The summed E-state index contributed by atoms with van der Waals surface area (Å²) in [6.07, 6.45) is 10.4. The van der Waals surface area contributed by atoms with Crippen molar-refractivity contribution in [1.82, 2.24) is 9.55 Å². The average molecular weight is 349 g/mol. The van der Waals surface area contributed by atoms with Gasteiger partial charge in [0.1, 0.15) is 0 Å². The molecular weight excluding hydrogens is 324 g/mol. The van der Waals surface area contributed by atoms with Crippen molar-refractivity contribution in [3.8, 4) is 0 Å². The van der Waals surface area contributed by atoms with Gasteiger partial charge in [0.2, 0.25) is 0 Å². The van der Waals surface area contributed by atoms with Crippen molar-refractivity contribution in [2.45, 2.75) is 52.5 Å². The normalized spacial score (nSPS) is 12.7. The topological polar surface area (TPSA) is 17.8 Å². The van der Waals surface area contributed by atoms with E-state index in [-0.39, 0.29) is 0 Å². The lowest BCUT2D eigenvalue weighted by molar-refractivity contribution is 0.483. The van der Waals surface area contributed by atoms with Gasteiger partial charge in [0, 0.05) is 23.4 Å².